The van der Waals surface area contributed by atoms with Crippen molar-refractivity contribution in [2.75, 3.05) is 50.7 Å². The summed E-state index contributed by atoms with van der Waals surface area (Å²) >= 11 is 0. The topological polar surface area (TPSA) is 77.6 Å². The molecule has 8 heteroatoms. The minimum Gasteiger partial charge on any atom is -0.355 e. The second-order valence-corrected chi connectivity index (χ2v) is 6.62. The van der Waals surface area contributed by atoms with Crippen LogP contribution in [0.2, 0.25) is 0 Å². The van der Waals surface area contributed by atoms with E-state index >= 15 is 0 Å². The number of halogens is 1. The first-order valence-corrected chi connectivity index (χ1v) is 9.16. The molecule has 0 saturated carbocycles. The van der Waals surface area contributed by atoms with Crippen molar-refractivity contribution in [2.45, 2.75) is 19.3 Å². The average Bonchev–Trinajstić information content (AvgIpc) is 2.69. The molecule has 0 radical (unpaired) electrons. The van der Waals surface area contributed by atoms with E-state index < -0.39 is 0 Å². The van der Waals surface area contributed by atoms with E-state index in [4.69, 9.17) is 0 Å². The van der Waals surface area contributed by atoms with Gasteiger partial charge in [-0.2, -0.15) is 0 Å². The lowest BCUT2D eigenvalue weighted by Gasteiger charge is -2.35. The van der Waals surface area contributed by atoms with Crippen LogP contribution in [-0.2, 0) is 9.59 Å². The molecule has 144 valence electrons. The van der Waals surface area contributed by atoms with E-state index in [0.29, 0.717) is 26.1 Å². The molecule has 0 aliphatic carbocycles. The van der Waals surface area contributed by atoms with Crippen molar-refractivity contribution in [3.63, 3.8) is 0 Å². The molecule has 1 aromatic rings. The van der Waals surface area contributed by atoms with Gasteiger partial charge >= 0.3 is 0 Å². The zero-order valence-electron chi connectivity index (χ0n) is 15.0. The van der Waals surface area contributed by atoms with Gasteiger partial charge in [0.1, 0.15) is 5.82 Å². The molecule has 0 spiro atoms. The van der Waals surface area contributed by atoms with Gasteiger partial charge in [0.25, 0.3) is 0 Å². The molecular weight excluding hydrogens is 354 g/mol. The summed E-state index contributed by atoms with van der Waals surface area (Å²) in [5.41, 5.74) is 0. The Labute approximate surface area is 160 Å². The minimum absolute atomic E-state index is 0. The van der Waals surface area contributed by atoms with Gasteiger partial charge < -0.3 is 20.4 Å². The third-order valence-electron chi connectivity index (χ3n) is 4.95. The number of piperazine rings is 1. The maximum atomic E-state index is 12.3. The summed E-state index contributed by atoms with van der Waals surface area (Å²) in [6, 6.07) is 5.88. The predicted octanol–water partition coefficient (Wildman–Crippen LogP) is 0.658. The highest BCUT2D eigenvalue weighted by Crippen LogP contribution is 2.13. The lowest BCUT2D eigenvalue weighted by atomic mass is 9.97. The number of aromatic nitrogens is 1. The van der Waals surface area contributed by atoms with Crippen LogP contribution < -0.4 is 15.5 Å². The van der Waals surface area contributed by atoms with Gasteiger partial charge in [0.2, 0.25) is 11.8 Å². The largest absolute Gasteiger partial charge is 0.355 e. The van der Waals surface area contributed by atoms with E-state index in [2.05, 4.69) is 20.5 Å². The van der Waals surface area contributed by atoms with E-state index in [1.807, 2.05) is 23.1 Å². The number of hydrogen-bond acceptors (Lipinski definition) is 5. The Kier molecular flexibility index (Phi) is 8.12. The molecular formula is C18H28ClN5O2. The van der Waals surface area contributed by atoms with Crippen LogP contribution in [0, 0.1) is 5.92 Å². The van der Waals surface area contributed by atoms with Crippen LogP contribution in [-0.4, -0.2) is 67.5 Å². The van der Waals surface area contributed by atoms with Crippen molar-refractivity contribution in [1.82, 2.24) is 20.5 Å². The number of pyridine rings is 1. The Balaban J connectivity index is 0.00000243. The van der Waals surface area contributed by atoms with Gasteiger partial charge in [0, 0.05) is 51.3 Å². The maximum Gasteiger partial charge on any atom is 0.224 e. The van der Waals surface area contributed by atoms with Crippen LogP contribution >= 0.6 is 12.4 Å². The molecule has 7 nitrogen and oxygen atoms in total. The number of nitrogens with one attached hydrogen (secondary N) is 2. The highest BCUT2D eigenvalue weighted by Gasteiger charge is 2.23. The Morgan fingerprint density at radius 2 is 1.88 bits per heavy atom. The number of anilines is 1. The molecule has 0 bridgehead atoms. The van der Waals surface area contributed by atoms with Gasteiger partial charge in [-0.1, -0.05) is 6.07 Å². The fourth-order valence-corrected chi connectivity index (χ4v) is 3.40. The first kappa shape index (κ1) is 20.5. The fraction of sp³-hybridized carbons (Fsp3) is 0.611. The van der Waals surface area contributed by atoms with Crippen LogP contribution in [0.1, 0.15) is 19.3 Å². The van der Waals surface area contributed by atoms with Gasteiger partial charge in [-0.05, 0) is 38.1 Å². The first-order chi connectivity index (χ1) is 12.2. The van der Waals surface area contributed by atoms with Crippen LogP contribution in [0.4, 0.5) is 5.82 Å². The number of amides is 2. The van der Waals surface area contributed by atoms with Crippen molar-refractivity contribution < 1.29 is 9.59 Å². The van der Waals surface area contributed by atoms with Gasteiger partial charge in [0.15, 0.2) is 0 Å². The maximum absolute atomic E-state index is 12.3. The monoisotopic (exact) mass is 381 g/mol. The minimum atomic E-state index is 0. The van der Waals surface area contributed by atoms with E-state index in [-0.39, 0.29) is 30.1 Å². The van der Waals surface area contributed by atoms with E-state index in [1.54, 1.807) is 6.20 Å². The van der Waals surface area contributed by atoms with Crippen LogP contribution in [0.5, 0.6) is 0 Å². The smallest absolute Gasteiger partial charge is 0.224 e. The number of carbonyl (C=O) groups excluding carboxylic acids is 2. The van der Waals surface area contributed by atoms with Crippen molar-refractivity contribution in [3.05, 3.63) is 24.4 Å². The summed E-state index contributed by atoms with van der Waals surface area (Å²) in [5.74, 6) is 1.27. The Morgan fingerprint density at radius 1 is 1.15 bits per heavy atom. The number of hydrogen-bond donors (Lipinski definition) is 2. The summed E-state index contributed by atoms with van der Waals surface area (Å²) in [6.07, 6.45) is 3.93. The molecule has 3 rings (SSSR count). The third kappa shape index (κ3) is 5.57. The van der Waals surface area contributed by atoms with Crippen molar-refractivity contribution in [1.29, 1.82) is 0 Å². The molecule has 0 atom stereocenters. The Hall–Kier alpha value is -1.86. The number of carbonyl (C=O) groups is 2. The quantitative estimate of drug-likeness (QED) is 0.783. The molecule has 0 aromatic carbocycles. The Morgan fingerprint density at radius 3 is 2.54 bits per heavy atom. The fourth-order valence-electron chi connectivity index (χ4n) is 3.40. The van der Waals surface area contributed by atoms with Gasteiger partial charge in [-0.25, -0.2) is 4.98 Å². The van der Waals surface area contributed by atoms with Crippen LogP contribution in [0.15, 0.2) is 24.4 Å². The zero-order valence-corrected chi connectivity index (χ0v) is 15.8. The van der Waals surface area contributed by atoms with E-state index in [9.17, 15) is 9.59 Å². The zero-order chi connectivity index (χ0) is 17.5. The third-order valence-corrected chi connectivity index (χ3v) is 4.95. The molecule has 0 unspecified atom stereocenters. The summed E-state index contributed by atoms with van der Waals surface area (Å²) < 4.78 is 0. The average molecular weight is 382 g/mol. The first-order valence-electron chi connectivity index (χ1n) is 9.16. The molecule has 2 saturated heterocycles. The van der Waals surface area contributed by atoms with E-state index in [1.165, 1.54) is 0 Å². The molecule has 2 aliphatic heterocycles. The highest BCUT2D eigenvalue weighted by molar-refractivity contribution is 5.85. The summed E-state index contributed by atoms with van der Waals surface area (Å²) in [7, 11) is 0. The van der Waals surface area contributed by atoms with E-state index in [0.717, 1.165) is 44.8 Å². The standard InChI is InChI=1S/C18H27N5O2.ClH/c24-17(6-10-21-18(25)15-4-8-19-9-5-15)23-13-11-22(12-14-23)16-3-1-2-7-20-16;/h1-3,7,15,19H,4-6,8-14H2,(H,21,25);1H. The Bertz CT molecular complexity index is 572. The number of piperidine rings is 1. The number of rotatable bonds is 5. The SMILES string of the molecule is Cl.O=C(NCCC(=O)N1CCN(c2ccccn2)CC1)C1CCNCC1. The molecule has 2 N–H and O–H groups in total. The summed E-state index contributed by atoms with van der Waals surface area (Å²) in [4.78, 5) is 32.8. The molecule has 1 aromatic heterocycles. The van der Waals surface area contributed by atoms with Gasteiger partial charge in [0.05, 0.1) is 0 Å². The molecule has 26 heavy (non-hydrogen) atoms. The lowest BCUT2D eigenvalue weighted by Crippen LogP contribution is -2.49. The predicted molar refractivity (Wildman–Crippen MR) is 103 cm³/mol. The number of nitrogens with zero attached hydrogens (tertiary/aromatic N) is 3. The molecule has 2 amide bonds. The molecule has 3 heterocycles. The highest BCUT2D eigenvalue weighted by atomic mass is 35.5. The van der Waals surface area contributed by atoms with Gasteiger partial charge in [-0.3, -0.25) is 9.59 Å². The van der Waals surface area contributed by atoms with Crippen molar-refractivity contribution in [3.8, 4) is 0 Å². The van der Waals surface area contributed by atoms with Crippen molar-refractivity contribution in [2.24, 2.45) is 5.92 Å². The second-order valence-electron chi connectivity index (χ2n) is 6.62. The van der Waals surface area contributed by atoms with Crippen molar-refractivity contribution >= 4 is 30.0 Å². The lowest BCUT2D eigenvalue weighted by molar-refractivity contribution is -0.131. The van der Waals surface area contributed by atoms with Gasteiger partial charge in [-0.15, -0.1) is 12.4 Å². The van der Waals surface area contributed by atoms with Crippen LogP contribution in [0.3, 0.4) is 0 Å². The summed E-state index contributed by atoms with van der Waals surface area (Å²) in [5, 5.41) is 6.18. The molecule has 2 fully saturated rings. The molecule has 2 aliphatic rings. The second kappa shape index (κ2) is 10.3. The van der Waals surface area contributed by atoms with Crippen LogP contribution in [0.25, 0.3) is 0 Å². The summed E-state index contributed by atoms with van der Waals surface area (Å²) in [6.45, 7) is 5.24. The normalized spacial score (nSPS) is 18.2.